The van der Waals surface area contributed by atoms with Gasteiger partial charge in [-0.1, -0.05) is 19.1 Å². The maximum Gasteiger partial charge on any atom is 0.166 e. The van der Waals surface area contributed by atoms with Crippen LogP contribution >= 0.6 is 0 Å². The van der Waals surface area contributed by atoms with Crippen molar-refractivity contribution >= 4 is 5.78 Å². The quantitative estimate of drug-likeness (QED) is 0.483. The number of benzene rings is 2. The minimum absolute atomic E-state index is 0.0669. The van der Waals surface area contributed by atoms with E-state index in [1.807, 2.05) is 0 Å². The summed E-state index contributed by atoms with van der Waals surface area (Å²) in [6.45, 7) is 3.21. The van der Waals surface area contributed by atoms with E-state index in [9.17, 15) is 26.7 Å². The van der Waals surface area contributed by atoms with Crippen LogP contribution in [0.2, 0.25) is 0 Å². The molecule has 0 aliphatic heterocycles. The number of hydrogen-bond donors (Lipinski definition) is 0. The second-order valence-electron chi connectivity index (χ2n) is 7.05. The molecule has 2 atom stereocenters. The molecule has 2 aromatic rings. The minimum Gasteiger partial charge on any atom is -0.307 e. The van der Waals surface area contributed by atoms with E-state index in [4.69, 9.17) is 0 Å². The number of rotatable bonds is 7. The van der Waals surface area contributed by atoms with Gasteiger partial charge in [0.15, 0.2) is 23.3 Å². The fraction of sp³-hybridized carbons (Fsp3) is 0.381. The number of halogens is 5. The molecule has 0 amide bonds. The van der Waals surface area contributed by atoms with Gasteiger partial charge in [-0.3, -0.25) is 4.79 Å². The average molecular weight is 399 g/mol. The molecule has 7 heteroatoms. The average Bonchev–Trinajstić information content (AvgIpc) is 2.65. The van der Waals surface area contributed by atoms with Crippen LogP contribution in [0.3, 0.4) is 0 Å². The third-order valence-electron chi connectivity index (χ3n) is 5.16. The first-order chi connectivity index (χ1) is 13.1. The highest BCUT2D eigenvalue weighted by Gasteiger charge is 2.47. The van der Waals surface area contributed by atoms with Crippen LogP contribution < -0.4 is 0 Å². The van der Waals surface area contributed by atoms with Crippen LogP contribution in [0.1, 0.15) is 37.8 Å². The third-order valence-corrected chi connectivity index (χ3v) is 5.16. The highest BCUT2D eigenvalue weighted by atomic mass is 19.2. The van der Waals surface area contributed by atoms with Gasteiger partial charge in [-0.15, -0.1) is 0 Å². The van der Waals surface area contributed by atoms with E-state index in [0.29, 0.717) is 0 Å². The summed E-state index contributed by atoms with van der Waals surface area (Å²) in [6.07, 6.45) is -0.302. The SMILES string of the molecule is CCC(=O)[C@](C[C@@H](C)N(C)C)(c1ccc(F)cc1)c1c(F)c(F)cc(F)c1F. The lowest BCUT2D eigenvalue weighted by molar-refractivity contribution is -0.123. The number of Topliss-reactive ketones (excluding diaryl/α,β-unsaturated/α-hetero) is 1. The van der Waals surface area contributed by atoms with Gasteiger partial charge in [0.1, 0.15) is 11.6 Å². The molecule has 0 aliphatic rings. The van der Waals surface area contributed by atoms with Gasteiger partial charge in [0.05, 0.1) is 5.41 Å². The van der Waals surface area contributed by atoms with Gasteiger partial charge < -0.3 is 4.90 Å². The van der Waals surface area contributed by atoms with E-state index in [0.717, 1.165) is 12.1 Å². The smallest absolute Gasteiger partial charge is 0.166 e. The molecule has 2 aromatic carbocycles. The molecule has 0 fully saturated rings. The first-order valence-electron chi connectivity index (χ1n) is 8.85. The zero-order valence-corrected chi connectivity index (χ0v) is 16.1. The largest absolute Gasteiger partial charge is 0.307 e. The molecule has 0 spiro atoms. The zero-order valence-electron chi connectivity index (χ0n) is 16.1. The summed E-state index contributed by atoms with van der Waals surface area (Å²) in [5.41, 5.74) is -2.95. The molecule has 2 nitrogen and oxygen atoms in total. The van der Waals surface area contributed by atoms with Gasteiger partial charge >= 0.3 is 0 Å². The van der Waals surface area contributed by atoms with Crippen LogP contribution in [0.15, 0.2) is 30.3 Å². The molecular weight excluding hydrogens is 377 g/mol. The number of carbonyl (C=O) groups is 1. The van der Waals surface area contributed by atoms with E-state index in [1.54, 1.807) is 25.9 Å². The zero-order chi connectivity index (χ0) is 21.2. The van der Waals surface area contributed by atoms with Crippen molar-refractivity contribution < 1.29 is 26.7 Å². The van der Waals surface area contributed by atoms with E-state index >= 15 is 0 Å². The van der Waals surface area contributed by atoms with E-state index in [-0.39, 0.29) is 24.5 Å². The van der Waals surface area contributed by atoms with Gasteiger partial charge in [-0.05, 0) is 45.1 Å². The highest BCUT2D eigenvalue weighted by Crippen LogP contribution is 2.43. The molecule has 0 saturated carbocycles. The monoisotopic (exact) mass is 399 g/mol. The van der Waals surface area contributed by atoms with Gasteiger partial charge in [0.2, 0.25) is 0 Å². The summed E-state index contributed by atoms with van der Waals surface area (Å²) in [5, 5.41) is 0. The normalized spacial score (nSPS) is 14.8. The van der Waals surface area contributed by atoms with Crippen molar-refractivity contribution in [2.24, 2.45) is 0 Å². The molecule has 152 valence electrons. The molecule has 0 radical (unpaired) electrons. The lowest BCUT2D eigenvalue weighted by atomic mass is 9.66. The fourth-order valence-corrected chi connectivity index (χ4v) is 3.39. The topological polar surface area (TPSA) is 20.3 Å². The Bertz CT molecular complexity index is 840. The Labute approximate surface area is 161 Å². The lowest BCUT2D eigenvalue weighted by Crippen LogP contribution is -2.44. The second kappa shape index (κ2) is 8.39. The Morgan fingerprint density at radius 3 is 1.93 bits per heavy atom. The van der Waals surface area contributed by atoms with Gasteiger partial charge in [-0.2, -0.15) is 0 Å². The molecule has 0 aliphatic carbocycles. The predicted molar refractivity (Wildman–Crippen MR) is 96.5 cm³/mol. The van der Waals surface area contributed by atoms with E-state index < -0.39 is 51.9 Å². The first-order valence-corrected chi connectivity index (χ1v) is 8.85. The summed E-state index contributed by atoms with van der Waals surface area (Å²) in [5.74, 6) is -7.69. The van der Waals surface area contributed by atoms with Crippen molar-refractivity contribution in [2.75, 3.05) is 14.1 Å². The van der Waals surface area contributed by atoms with Crippen LogP contribution in [0.4, 0.5) is 22.0 Å². The Morgan fingerprint density at radius 1 is 1.00 bits per heavy atom. The fourth-order valence-electron chi connectivity index (χ4n) is 3.39. The summed E-state index contributed by atoms with van der Waals surface area (Å²) in [6, 6.07) is 4.22. The maximum absolute atomic E-state index is 14.8. The van der Waals surface area contributed by atoms with Crippen LogP contribution in [0.5, 0.6) is 0 Å². The molecular formula is C21H22F5NO. The molecule has 0 heterocycles. The van der Waals surface area contributed by atoms with Crippen LogP contribution in [-0.4, -0.2) is 30.8 Å². The summed E-state index contributed by atoms with van der Waals surface area (Å²) < 4.78 is 71.2. The lowest BCUT2D eigenvalue weighted by Gasteiger charge is -2.38. The summed E-state index contributed by atoms with van der Waals surface area (Å²) in [7, 11) is 3.41. The molecule has 0 N–H and O–H groups in total. The van der Waals surface area contributed by atoms with Crippen LogP contribution in [-0.2, 0) is 10.2 Å². The van der Waals surface area contributed by atoms with E-state index in [1.165, 1.54) is 19.1 Å². The summed E-state index contributed by atoms with van der Waals surface area (Å²) >= 11 is 0. The number of hydrogen-bond acceptors (Lipinski definition) is 2. The Kier molecular flexibility index (Phi) is 6.59. The van der Waals surface area contributed by atoms with Crippen LogP contribution in [0, 0.1) is 29.1 Å². The van der Waals surface area contributed by atoms with E-state index in [2.05, 4.69) is 0 Å². The Hall–Kier alpha value is -2.28. The van der Waals surface area contributed by atoms with Gasteiger partial charge in [-0.25, -0.2) is 22.0 Å². The molecule has 0 saturated heterocycles. The number of nitrogens with zero attached hydrogens (tertiary/aromatic N) is 1. The molecule has 0 aromatic heterocycles. The molecule has 2 rings (SSSR count). The number of carbonyl (C=O) groups excluding carboxylic acids is 1. The van der Waals surface area contributed by atoms with Crippen molar-refractivity contribution in [1.82, 2.24) is 4.90 Å². The minimum atomic E-state index is -2.02. The Balaban J connectivity index is 2.96. The van der Waals surface area contributed by atoms with Gasteiger partial charge in [0, 0.05) is 24.1 Å². The van der Waals surface area contributed by atoms with Crippen molar-refractivity contribution in [3.8, 4) is 0 Å². The van der Waals surface area contributed by atoms with Crippen molar-refractivity contribution in [3.05, 3.63) is 70.5 Å². The second-order valence-corrected chi connectivity index (χ2v) is 7.05. The Morgan fingerprint density at radius 2 is 1.50 bits per heavy atom. The third kappa shape index (κ3) is 3.81. The summed E-state index contributed by atoms with van der Waals surface area (Å²) in [4.78, 5) is 14.8. The standard InChI is InChI=1S/C21H22F5NO/c1-5-17(28)21(11-12(2)27(3)4,13-6-8-14(22)9-7-13)18-19(25)15(23)10-16(24)20(18)26/h6-10,12H,5,11H2,1-4H3/t12-,21+/m1/s1. The van der Waals surface area contributed by atoms with Gasteiger partial charge in [0.25, 0.3) is 0 Å². The molecule has 0 bridgehead atoms. The van der Waals surface area contributed by atoms with Crippen molar-refractivity contribution in [3.63, 3.8) is 0 Å². The van der Waals surface area contributed by atoms with Crippen molar-refractivity contribution in [1.29, 1.82) is 0 Å². The van der Waals surface area contributed by atoms with Crippen molar-refractivity contribution in [2.45, 2.75) is 38.1 Å². The predicted octanol–water partition coefficient (Wildman–Crippen LogP) is 4.99. The van der Waals surface area contributed by atoms with Crippen LogP contribution in [0.25, 0.3) is 0 Å². The highest BCUT2D eigenvalue weighted by molar-refractivity contribution is 5.94. The molecule has 0 unspecified atom stereocenters. The maximum atomic E-state index is 14.8. The molecule has 28 heavy (non-hydrogen) atoms. The first kappa shape index (κ1) is 22.0. The number of ketones is 1.